The molecule has 0 bridgehead atoms. The Balaban J connectivity index is 1.50. The van der Waals surface area contributed by atoms with Crippen LogP contribution in [0.25, 0.3) is 11.3 Å². The number of hydrogen-bond donors (Lipinski definition) is 2. The first kappa shape index (κ1) is 20.6. The van der Waals surface area contributed by atoms with Gasteiger partial charge in [0.05, 0.1) is 12.3 Å². The highest BCUT2D eigenvalue weighted by atomic mass is 35.5. The van der Waals surface area contributed by atoms with Crippen molar-refractivity contribution in [2.75, 3.05) is 11.9 Å². The lowest BCUT2D eigenvalue weighted by Gasteiger charge is -2.10. The quantitative estimate of drug-likeness (QED) is 0.560. The zero-order chi connectivity index (χ0) is 20.8. The first-order valence-corrected chi connectivity index (χ1v) is 9.66. The van der Waals surface area contributed by atoms with Crippen LogP contribution in [0.2, 0.25) is 5.02 Å². The number of aryl methyl sites for hydroxylation is 2. The van der Waals surface area contributed by atoms with Gasteiger partial charge in [-0.3, -0.25) is 9.59 Å². The highest BCUT2D eigenvalue weighted by Gasteiger charge is 2.07. The third-order valence-corrected chi connectivity index (χ3v) is 4.94. The van der Waals surface area contributed by atoms with Gasteiger partial charge in [0.1, 0.15) is 5.75 Å². The SMILES string of the molecule is Cc1cc(OCCCC(=O)Nc2cccc(-c3ccc(=O)[nH]n3)c2)cc(C)c1Cl. The Labute approximate surface area is 173 Å². The van der Waals surface area contributed by atoms with Gasteiger partial charge in [-0.15, -0.1) is 0 Å². The summed E-state index contributed by atoms with van der Waals surface area (Å²) in [4.78, 5) is 23.4. The van der Waals surface area contributed by atoms with E-state index in [2.05, 4.69) is 15.5 Å². The predicted molar refractivity (Wildman–Crippen MR) is 115 cm³/mol. The molecule has 1 heterocycles. The number of H-pyrrole nitrogens is 1. The van der Waals surface area contributed by atoms with Gasteiger partial charge in [-0.1, -0.05) is 23.7 Å². The zero-order valence-electron chi connectivity index (χ0n) is 16.3. The third-order valence-electron chi connectivity index (χ3n) is 4.35. The van der Waals surface area contributed by atoms with Crippen LogP contribution in [0.4, 0.5) is 5.69 Å². The predicted octanol–water partition coefficient (Wildman–Crippen LogP) is 4.50. The van der Waals surface area contributed by atoms with E-state index in [0.29, 0.717) is 30.8 Å². The minimum Gasteiger partial charge on any atom is -0.494 e. The summed E-state index contributed by atoms with van der Waals surface area (Å²) in [6.07, 6.45) is 0.931. The van der Waals surface area contributed by atoms with E-state index in [1.165, 1.54) is 6.07 Å². The molecule has 150 valence electrons. The van der Waals surface area contributed by atoms with Gasteiger partial charge in [-0.2, -0.15) is 5.10 Å². The molecular weight excluding hydrogens is 390 g/mol. The van der Waals surface area contributed by atoms with E-state index in [9.17, 15) is 9.59 Å². The summed E-state index contributed by atoms with van der Waals surface area (Å²) in [6.45, 7) is 4.31. The van der Waals surface area contributed by atoms with Crippen LogP contribution >= 0.6 is 11.6 Å². The van der Waals surface area contributed by atoms with Crippen molar-refractivity contribution < 1.29 is 9.53 Å². The molecule has 3 aromatic rings. The Morgan fingerprint density at radius 2 is 1.90 bits per heavy atom. The first-order chi connectivity index (χ1) is 13.9. The summed E-state index contributed by atoms with van der Waals surface area (Å²) in [5.41, 5.74) is 3.78. The van der Waals surface area contributed by atoms with Crippen molar-refractivity contribution in [1.29, 1.82) is 0 Å². The number of ether oxygens (including phenoxy) is 1. The normalized spacial score (nSPS) is 10.6. The van der Waals surface area contributed by atoms with Crippen molar-refractivity contribution in [3.63, 3.8) is 0 Å². The molecule has 29 heavy (non-hydrogen) atoms. The Hall–Kier alpha value is -3.12. The standard InChI is InChI=1S/C22H22ClN3O3/c1-14-11-18(12-15(2)22(14)23)29-10-4-7-20(27)24-17-6-3-5-16(13-17)19-8-9-21(28)26-25-19/h3,5-6,8-9,11-13H,4,7,10H2,1-2H3,(H,24,27)(H,26,28). The van der Waals surface area contributed by atoms with E-state index in [-0.39, 0.29) is 11.5 Å². The number of hydrogen-bond acceptors (Lipinski definition) is 4. The number of amides is 1. The van der Waals surface area contributed by atoms with Crippen LogP contribution in [0, 0.1) is 13.8 Å². The molecule has 2 aromatic carbocycles. The second-order valence-corrected chi connectivity index (χ2v) is 7.14. The number of carbonyl (C=O) groups excluding carboxylic acids is 1. The smallest absolute Gasteiger partial charge is 0.264 e. The molecule has 6 nitrogen and oxygen atoms in total. The molecule has 0 aliphatic heterocycles. The summed E-state index contributed by atoms with van der Waals surface area (Å²) in [7, 11) is 0. The summed E-state index contributed by atoms with van der Waals surface area (Å²) >= 11 is 6.16. The molecule has 0 aliphatic carbocycles. The number of aromatic amines is 1. The van der Waals surface area contributed by atoms with E-state index in [0.717, 1.165) is 27.5 Å². The third kappa shape index (κ3) is 5.68. The number of benzene rings is 2. The van der Waals surface area contributed by atoms with Crippen molar-refractivity contribution in [3.8, 4) is 17.0 Å². The molecular formula is C22H22ClN3O3. The fourth-order valence-corrected chi connectivity index (χ4v) is 3.01. The van der Waals surface area contributed by atoms with Crippen molar-refractivity contribution >= 4 is 23.2 Å². The molecule has 3 rings (SSSR count). The molecule has 1 amide bonds. The topological polar surface area (TPSA) is 84.1 Å². The molecule has 0 atom stereocenters. The molecule has 0 saturated heterocycles. The molecule has 0 fully saturated rings. The molecule has 0 spiro atoms. The van der Waals surface area contributed by atoms with Crippen molar-refractivity contribution in [2.45, 2.75) is 26.7 Å². The van der Waals surface area contributed by atoms with Gasteiger partial charge in [0.15, 0.2) is 0 Å². The number of carbonyl (C=O) groups is 1. The lowest BCUT2D eigenvalue weighted by atomic mass is 10.1. The highest BCUT2D eigenvalue weighted by Crippen LogP contribution is 2.26. The molecule has 0 aliphatic rings. The lowest BCUT2D eigenvalue weighted by Crippen LogP contribution is -2.13. The number of aromatic nitrogens is 2. The van der Waals surface area contributed by atoms with Crippen LogP contribution in [0.1, 0.15) is 24.0 Å². The van der Waals surface area contributed by atoms with Crippen LogP contribution in [-0.4, -0.2) is 22.7 Å². The molecule has 2 N–H and O–H groups in total. The Morgan fingerprint density at radius 1 is 1.14 bits per heavy atom. The Morgan fingerprint density at radius 3 is 2.59 bits per heavy atom. The maximum absolute atomic E-state index is 12.2. The van der Waals surface area contributed by atoms with Crippen LogP contribution in [0.5, 0.6) is 5.75 Å². The van der Waals surface area contributed by atoms with Gasteiger partial charge in [-0.25, -0.2) is 5.10 Å². The molecule has 1 aromatic heterocycles. The van der Waals surface area contributed by atoms with E-state index in [1.807, 2.05) is 50.2 Å². The number of anilines is 1. The highest BCUT2D eigenvalue weighted by molar-refractivity contribution is 6.32. The Kier molecular flexibility index (Phi) is 6.67. The van der Waals surface area contributed by atoms with E-state index in [4.69, 9.17) is 16.3 Å². The lowest BCUT2D eigenvalue weighted by molar-refractivity contribution is -0.116. The van der Waals surface area contributed by atoms with Gasteiger partial charge in [0.25, 0.3) is 5.56 Å². The molecule has 0 saturated carbocycles. The van der Waals surface area contributed by atoms with Crippen molar-refractivity contribution in [2.24, 2.45) is 0 Å². The van der Waals surface area contributed by atoms with Crippen molar-refractivity contribution in [3.05, 3.63) is 75.0 Å². The monoisotopic (exact) mass is 411 g/mol. The summed E-state index contributed by atoms with van der Waals surface area (Å²) in [5, 5.41) is 10.0. The second-order valence-electron chi connectivity index (χ2n) is 6.76. The average Bonchev–Trinajstić information content (AvgIpc) is 2.70. The average molecular weight is 412 g/mol. The number of halogens is 1. The number of nitrogens with zero attached hydrogens (tertiary/aromatic N) is 1. The van der Waals surface area contributed by atoms with Crippen molar-refractivity contribution in [1.82, 2.24) is 10.2 Å². The van der Waals surface area contributed by atoms with Crippen LogP contribution in [-0.2, 0) is 4.79 Å². The molecule has 0 radical (unpaired) electrons. The van der Waals surface area contributed by atoms with Crippen LogP contribution in [0.15, 0.2) is 53.3 Å². The zero-order valence-corrected chi connectivity index (χ0v) is 17.0. The second kappa shape index (κ2) is 9.39. The van der Waals surface area contributed by atoms with E-state index >= 15 is 0 Å². The maximum Gasteiger partial charge on any atom is 0.264 e. The largest absolute Gasteiger partial charge is 0.494 e. The fourth-order valence-electron chi connectivity index (χ4n) is 2.90. The summed E-state index contributed by atoms with van der Waals surface area (Å²) in [6, 6.07) is 14.1. The summed E-state index contributed by atoms with van der Waals surface area (Å²) < 4.78 is 5.73. The van der Waals surface area contributed by atoms with Crippen LogP contribution < -0.4 is 15.6 Å². The van der Waals surface area contributed by atoms with E-state index in [1.54, 1.807) is 6.07 Å². The minimum absolute atomic E-state index is 0.0938. The summed E-state index contributed by atoms with van der Waals surface area (Å²) in [5.74, 6) is 0.662. The maximum atomic E-state index is 12.2. The van der Waals surface area contributed by atoms with E-state index < -0.39 is 0 Å². The fraction of sp³-hybridized carbons (Fsp3) is 0.227. The Bertz CT molecular complexity index is 1040. The molecule has 7 heteroatoms. The van der Waals surface area contributed by atoms with Crippen LogP contribution in [0.3, 0.4) is 0 Å². The van der Waals surface area contributed by atoms with Gasteiger partial charge < -0.3 is 10.1 Å². The number of rotatable bonds is 7. The van der Waals surface area contributed by atoms with Gasteiger partial charge in [0, 0.05) is 28.8 Å². The van der Waals surface area contributed by atoms with Gasteiger partial charge in [-0.05, 0) is 61.7 Å². The van der Waals surface area contributed by atoms with Gasteiger partial charge in [0.2, 0.25) is 5.91 Å². The van der Waals surface area contributed by atoms with Gasteiger partial charge >= 0.3 is 0 Å². The molecule has 0 unspecified atom stereocenters. The first-order valence-electron chi connectivity index (χ1n) is 9.28. The number of nitrogens with one attached hydrogen (secondary N) is 2. The minimum atomic E-state index is -0.260.